The smallest absolute Gasteiger partial charge is 0.267 e. The molecule has 0 N–H and O–H groups in total. The van der Waals surface area contributed by atoms with Crippen molar-refractivity contribution in [2.45, 2.75) is 26.7 Å². The highest BCUT2D eigenvalue weighted by Crippen LogP contribution is 2.38. The number of phosphoric acid groups is 1. The zero-order chi connectivity index (χ0) is 8.74. The zero-order valence-corrected chi connectivity index (χ0v) is 7.80. The molecule has 0 aliphatic rings. The fraction of sp³-hybridized carbons (Fsp3) is 1.00. The lowest BCUT2D eigenvalue weighted by molar-refractivity contribution is -0.225. The second-order valence-electron chi connectivity index (χ2n) is 2.11. The molecule has 0 atom stereocenters. The van der Waals surface area contributed by atoms with E-state index in [1.807, 2.05) is 13.8 Å². The van der Waals surface area contributed by atoms with Gasteiger partial charge in [0.05, 0.1) is 13.2 Å². The van der Waals surface area contributed by atoms with Crippen LogP contribution in [0.4, 0.5) is 0 Å². The van der Waals surface area contributed by atoms with Gasteiger partial charge in [0, 0.05) is 0 Å². The van der Waals surface area contributed by atoms with E-state index in [-0.39, 0.29) is 13.2 Å². The third-order valence-electron chi connectivity index (χ3n) is 0.907. The summed E-state index contributed by atoms with van der Waals surface area (Å²) in [5.41, 5.74) is 0. The summed E-state index contributed by atoms with van der Waals surface area (Å²) < 4.78 is 19.6. The van der Waals surface area contributed by atoms with Crippen LogP contribution in [0.2, 0.25) is 0 Å². The van der Waals surface area contributed by atoms with E-state index in [4.69, 9.17) is 0 Å². The quantitative estimate of drug-likeness (QED) is 0.579. The third kappa shape index (κ3) is 6.51. The number of phosphoric ester groups is 1. The van der Waals surface area contributed by atoms with Crippen molar-refractivity contribution in [3.05, 3.63) is 0 Å². The van der Waals surface area contributed by atoms with Crippen molar-refractivity contribution >= 4 is 7.82 Å². The van der Waals surface area contributed by atoms with Gasteiger partial charge in [-0.25, -0.2) is 0 Å². The lowest BCUT2D eigenvalue weighted by Crippen LogP contribution is -2.09. The van der Waals surface area contributed by atoms with Gasteiger partial charge < -0.3 is 13.9 Å². The first-order valence-corrected chi connectivity index (χ1v) is 5.18. The molecule has 0 heterocycles. The first-order valence-electron chi connectivity index (χ1n) is 3.72. The van der Waals surface area contributed by atoms with Crippen LogP contribution >= 0.6 is 7.82 Å². The number of hydrogen-bond donors (Lipinski definition) is 0. The molecule has 0 unspecified atom stereocenters. The minimum atomic E-state index is -3.98. The Hall–Kier alpha value is 0.110. The summed E-state index contributed by atoms with van der Waals surface area (Å²) >= 11 is 0. The van der Waals surface area contributed by atoms with E-state index in [0.29, 0.717) is 12.8 Å². The topological polar surface area (TPSA) is 58.6 Å². The van der Waals surface area contributed by atoms with Crippen molar-refractivity contribution in [1.29, 1.82) is 0 Å². The highest BCUT2D eigenvalue weighted by molar-refractivity contribution is 7.45. The summed E-state index contributed by atoms with van der Waals surface area (Å²) in [4.78, 5) is 10.7. The van der Waals surface area contributed by atoms with Gasteiger partial charge >= 0.3 is 0 Å². The minimum Gasteiger partial charge on any atom is -0.756 e. The lowest BCUT2D eigenvalue weighted by Gasteiger charge is -2.21. The van der Waals surface area contributed by atoms with Gasteiger partial charge in [-0.2, -0.15) is 0 Å². The summed E-state index contributed by atoms with van der Waals surface area (Å²) in [6.45, 7) is 4.06. The summed E-state index contributed by atoms with van der Waals surface area (Å²) in [7, 11) is -3.98. The number of hydrogen-bond acceptors (Lipinski definition) is 4. The Morgan fingerprint density at radius 2 is 1.55 bits per heavy atom. The first kappa shape index (κ1) is 11.1. The van der Waals surface area contributed by atoms with Crippen molar-refractivity contribution in [2.24, 2.45) is 0 Å². The molecule has 0 aliphatic carbocycles. The average Bonchev–Trinajstić information content (AvgIpc) is 1.97. The van der Waals surface area contributed by atoms with Crippen molar-refractivity contribution in [3.8, 4) is 0 Å². The normalized spacial score (nSPS) is 11.9. The minimum absolute atomic E-state index is 0.199. The van der Waals surface area contributed by atoms with Gasteiger partial charge in [-0.1, -0.05) is 13.8 Å². The maximum absolute atomic E-state index is 10.7. The molecular formula is C6H14O4P-. The van der Waals surface area contributed by atoms with E-state index < -0.39 is 7.82 Å². The lowest BCUT2D eigenvalue weighted by atomic mass is 10.5. The number of rotatable bonds is 6. The van der Waals surface area contributed by atoms with E-state index in [9.17, 15) is 9.46 Å². The molecule has 0 saturated heterocycles. The molecule has 0 rings (SSSR count). The maximum Gasteiger partial charge on any atom is 0.267 e. The molecule has 0 aromatic rings. The predicted octanol–water partition coefficient (Wildman–Crippen LogP) is 1.31. The SMILES string of the molecule is CCCOP(=O)([O-])OCCC. The molecule has 0 spiro atoms. The molecule has 5 heteroatoms. The molecule has 0 radical (unpaired) electrons. The van der Waals surface area contributed by atoms with Gasteiger partial charge in [0.2, 0.25) is 0 Å². The molecule has 0 bridgehead atoms. The van der Waals surface area contributed by atoms with Crippen molar-refractivity contribution in [1.82, 2.24) is 0 Å². The van der Waals surface area contributed by atoms with Crippen LogP contribution in [0, 0.1) is 0 Å². The molecule has 0 saturated carbocycles. The second-order valence-corrected chi connectivity index (χ2v) is 3.52. The van der Waals surface area contributed by atoms with Gasteiger partial charge in [0.25, 0.3) is 7.82 Å². The second kappa shape index (κ2) is 5.72. The van der Waals surface area contributed by atoms with Gasteiger partial charge in [-0.3, -0.25) is 4.57 Å². The highest BCUT2D eigenvalue weighted by Gasteiger charge is 2.06. The Balaban J connectivity index is 3.53. The van der Waals surface area contributed by atoms with Gasteiger partial charge in [-0.05, 0) is 12.8 Å². The van der Waals surface area contributed by atoms with Gasteiger partial charge in [0.15, 0.2) is 0 Å². The summed E-state index contributed by atoms with van der Waals surface area (Å²) in [5, 5.41) is 0. The molecule has 0 aromatic carbocycles. The van der Waals surface area contributed by atoms with Crippen molar-refractivity contribution in [3.63, 3.8) is 0 Å². The average molecular weight is 181 g/mol. The highest BCUT2D eigenvalue weighted by atomic mass is 31.2. The van der Waals surface area contributed by atoms with Gasteiger partial charge in [0.1, 0.15) is 0 Å². The zero-order valence-electron chi connectivity index (χ0n) is 6.91. The Morgan fingerprint density at radius 1 is 1.18 bits per heavy atom. The Labute approximate surface area is 67.1 Å². The van der Waals surface area contributed by atoms with E-state index >= 15 is 0 Å². The molecule has 0 aliphatic heterocycles. The maximum atomic E-state index is 10.7. The Bertz CT molecular complexity index is 125. The molecule has 11 heavy (non-hydrogen) atoms. The van der Waals surface area contributed by atoms with Gasteiger partial charge in [-0.15, -0.1) is 0 Å². The van der Waals surface area contributed by atoms with E-state index in [2.05, 4.69) is 9.05 Å². The molecule has 0 fully saturated rings. The molecule has 68 valence electrons. The Morgan fingerprint density at radius 3 is 1.82 bits per heavy atom. The van der Waals surface area contributed by atoms with Crippen LogP contribution in [0.1, 0.15) is 26.7 Å². The fourth-order valence-electron chi connectivity index (χ4n) is 0.443. The van der Waals surface area contributed by atoms with Crippen LogP contribution in [-0.2, 0) is 13.6 Å². The largest absolute Gasteiger partial charge is 0.756 e. The van der Waals surface area contributed by atoms with E-state index in [1.165, 1.54) is 0 Å². The predicted molar refractivity (Wildman–Crippen MR) is 40.1 cm³/mol. The van der Waals surface area contributed by atoms with Crippen LogP contribution in [0.15, 0.2) is 0 Å². The molecule has 4 nitrogen and oxygen atoms in total. The van der Waals surface area contributed by atoms with Crippen LogP contribution in [0.25, 0.3) is 0 Å². The summed E-state index contributed by atoms with van der Waals surface area (Å²) in [6.07, 6.45) is 1.34. The summed E-state index contributed by atoms with van der Waals surface area (Å²) in [6, 6.07) is 0. The monoisotopic (exact) mass is 181 g/mol. The van der Waals surface area contributed by atoms with Crippen molar-refractivity contribution in [2.75, 3.05) is 13.2 Å². The standard InChI is InChI=1S/C6H15O4P/c1-3-5-9-11(7,8)10-6-4-2/h3-6H2,1-2H3,(H,7,8)/p-1. The molecule has 0 aromatic heterocycles. The van der Waals surface area contributed by atoms with E-state index in [0.717, 1.165) is 0 Å². The Kier molecular flexibility index (Phi) is 5.78. The van der Waals surface area contributed by atoms with Crippen LogP contribution < -0.4 is 4.89 Å². The first-order chi connectivity index (χ1) is 5.12. The van der Waals surface area contributed by atoms with Crippen LogP contribution in [0.3, 0.4) is 0 Å². The summed E-state index contributed by atoms with van der Waals surface area (Å²) in [5.74, 6) is 0. The van der Waals surface area contributed by atoms with Crippen molar-refractivity contribution < 1.29 is 18.5 Å². The fourth-order valence-corrected chi connectivity index (χ4v) is 1.33. The molecular weight excluding hydrogens is 167 g/mol. The van der Waals surface area contributed by atoms with Crippen LogP contribution in [-0.4, -0.2) is 13.2 Å². The van der Waals surface area contributed by atoms with Crippen LogP contribution in [0.5, 0.6) is 0 Å². The third-order valence-corrected chi connectivity index (χ3v) is 1.90. The van der Waals surface area contributed by atoms with E-state index in [1.54, 1.807) is 0 Å². The molecule has 0 amide bonds.